The zero-order chi connectivity index (χ0) is 22.3. The van der Waals surface area contributed by atoms with Crippen LogP contribution in [-0.4, -0.2) is 80.5 Å². The number of hydrogen-bond donors (Lipinski definition) is 2. The van der Waals surface area contributed by atoms with E-state index in [4.69, 9.17) is 15.2 Å². The minimum absolute atomic E-state index is 0.0845. The van der Waals surface area contributed by atoms with E-state index in [1.165, 1.54) is 19.3 Å². The standard InChI is InChI=1S/C24H39N5O3/c1-18-6-8-26-24(23(18)25)29-12-10-28(11-13-29)9-7-19-2-4-20(5-3-19)27-22(30)16-21-17-31-14-15-32-21/h6,8,19-21H,2-5,7,9-17,25H2,1H3,(H,27,30). The van der Waals surface area contributed by atoms with Crippen molar-refractivity contribution in [3.8, 4) is 0 Å². The fraction of sp³-hybridized carbons (Fsp3) is 0.750. The highest BCUT2D eigenvalue weighted by atomic mass is 16.6. The number of piperazine rings is 1. The Balaban J connectivity index is 1.11. The molecule has 3 heterocycles. The summed E-state index contributed by atoms with van der Waals surface area (Å²) >= 11 is 0. The Morgan fingerprint density at radius 1 is 1.19 bits per heavy atom. The van der Waals surface area contributed by atoms with E-state index in [9.17, 15) is 4.79 Å². The van der Waals surface area contributed by atoms with E-state index in [2.05, 4.69) is 20.1 Å². The van der Waals surface area contributed by atoms with E-state index >= 15 is 0 Å². The summed E-state index contributed by atoms with van der Waals surface area (Å²) in [5, 5.41) is 3.21. The summed E-state index contributed by atoms with van der Waals surface area (Å²) in [4.78, 5) is 21.7. The lowest BCUT2D eigenvalue weighted by Gasteiger charge is -2.37. The molecule has 1 amide bonds. The van der Waals surface area contributed by atoms with Gasteiger partial charge in [0.2, 0.25) is 5.91 Å². The molecule has 32 heavy (non-hydrogen) atoms. The second-order valence-corrected chi connectivity index (χ2v) is 9.54. The molecule has 3 N–H and O–H groups in total. The van der Waals surface area contributed by atoms with Crippen LogP contribution in [0.25, 0.3) is 0 Å². The summed E-state index contributed by atoms with van der Waals surface area (Å²) < 4.78 is 11.0. The van der Waals surface area contributed by atoms with Crippen molar-refractivity contribution in [3.63, 3.8) is 0 Å². The normalized spacial score (nSPS) is 27.3. The smallest absolute Gasteiger partial charge is 0.222 e. The summed E-state index contributed by atoms with van der Waals surface area (Å²) in [5.41, 5.74) is 8.14. The average Bonchev–Trinajstić information content (AvgIpc) is 2.81. The highest BCUT2D eigenvalue weighted by molar-refractivity contribution is 5.76. The molecule has 0 bridgehead atoms. The third kappa shape index (κ3) is 6.33. The number of anilines is 2. The molecule has 2 saturated heterocycles. The van der Waals surface area contributed by atoms with Crippen molar-refractivity contribution in [2.24, 2.45) is 5.92 Å². The largest absolute Gasteiger partial charge is 0.396 e. The van der Waals surface area contributed by atoms with Crippen LogP contribution in [0.5, 0.6) is 0 Å². The first-order chi connectivity index (χ1) is 15.6. The number of hydrogen-bond acceptors (Lipinski definition) is 7. The third-order valence-corrected chi connectivity index (χ3v) is 7.22. The topological polar surface area (TPSA) is 93.0 Å². The number of ether oxygens (including phenoxy) is 2. The summed E-state index contributed by atoms with van der Waals surface area (Å²) in [5.74, 6) is 1.81. The maximum absolute atomic E-state index is 12.3. The number of carbonyl (C=O) groups excluding carboxylic acids is 1. The molecule has 0 radical (unpaired) electrons. The zero-order valence-corrected chi connectivity index (χ0v) is 19.4. The van der Waals surface area contributed by atoms with Crippen molar-refractivity contribution in [3.05, 3.63) is 17.8 Å². The van der Waals surface area contributed by atoms with Gasteiger partial charge in [-0.05, 0) is 63.1 Å². The Morgan fingerprint density at radius 3 is 2.69 bits per heavy atom. The maximum Gasteiger partial charge on any atom is 0.222 e. The Labute approximate surface area is 191 Å². The summed E-state index contributed by atoms with van der Waals surface area (Å²) in [6.07, 6.45) is 8.02. The Hall–Kier alpha value is -1.90. The van der Waals surface area contributed by atoms with Gasteiger partial charge in [-0.3, -0.25) is 9.69 Å². The van der Waals surface area contributed by atoms with Crippen molar-refractivity contribution in [2.75, 3.05) is 63.2 Å². The van der Waals surface area contributed by atoms with Gasteiger partial charge in [0.1, 0.15) is 0 Å². The number of nitrogen functional groups attached to an aromatic ring is 1. The van der Waals surface area contributed by atoms with Gasteiger partial charge in [0.05, 0.1) is 38.0 Å². The molecule has 4 rings (SSSR count). The number of aromatic nitrogens is 1. The number of aryl methyl sites for hydroxylation is 1. The minimum Gasteiger partial charge on any atom is -0.396 e. The van der Waals surface area contributed by atoms with Crippen LogP contribution in [0.15, 0.2) is 12.3 Å². The first kappa shape index (κ1) is 23.3. The number of pyridine rings is 1. The van der Waals surface area contributed by atoms with Crippen LogP contribution in [0.1, 0.15) is 44.1 Å². The van der Waals surface area contributed by atoms with Crippen LogP contribution in [0, 0.1) is 12.8 Å². The summed E-state index contributed by atoms with van der Waals surface area (Å²) in [6.45, 7) is 9.04. The lowest BCUT2D eigenvalue weighted by molar-refractivity contribution is -0.132. The molecule has 3 aliphatic rings. The molecule has 3 fully saturated rings. The van der Waals surface area contributed by atoms with Gasteiger partial charge in [-0.15, -0.1) is 0 Å². The second-order valence-electron chi connectivity index (χ2n) is 9.54. The van der Waals surface area contributed by atoms with Gasteiger partial charge in [-0.2, -0.15) is 0 Å². The van der Waals surface area contributed by atoms with E-state index < -0.39 is 0 Å². The van der Waals surface area contributed by atoms with Crippen LogP contribution in [0.3, 0.4) is 0 Å². The van der Waals surface area contributed by atoms with Gasteiger partial charge in [-0.1, -0.05) is 0 Å². The van der Waals surface area contributed by atoms with E-state index in [-0.39, 0.29) is 12.0 Å². The molecular weight excluding hydrogens is 406 g/mol. The highest BCUT2D eigenvalue weighted by Gasteiger charge is 2.26. The van der Waals surface area contributed by atoms with Gasteiger partial charge >= 0.3 is 0 Å². The molecule has 1 aliphatic carbocycles. The van der Waals surface area contributed by atoms with E-state index in [0.29, 0.717) is 32.3 Å². The molecular formula is C24H39N5O3. The first-order valence-corrected chi connectivity index (χ1v) is 12.3. The van der Waals surface area contributed by atoms with Gasteiger partial charge < -0.3 is 25.4 Å². The molecule has 1 unspecified atom stereocenters. The van der Waals surface area contributed by atoms with Crippen molar-refractivity contribution in [1.29, 1.82) is 0 Å². The number of rotatable bonds is 7. The highest BCUT2D eigenvalue weighted by Crippen LogP contribution is 2.28. The lowest BCUT2D eigenvalue weighted by Crippen LogP contribution is -2.47. The van der Waals surface area contributed by atoms with Crippen molar-refractivity contribution in [1.82, 2.24) is 15.2 Å². The van der Waals surface area contributed by atoms with Crippen molar-refractivity contribution < 1.29 is 14.3 Å². The third-order valence-electron chi connectivity index (χ3n) is 7.22. The fourth-order valence-corrected chi connectivity index (χ4v) is 5.10. The molecule has 1 atom stereocenters. The molecule has 0 aromatic carbocycles. The summed E-state index contributed by atoms with van der Waals surface area (Å²) in [6, 6.07) is 2.29. The van der Waals surface area contributed by atoms with Crippen molar-refractivity contribution in [2.45, 2.75) is 57.6 Å². The molecule has 178 valence electrons. The first-order valence-electron chi connectivity index (χ1n) is 12.3. The minimum atomic E-state index is -0.0845. The molecule has 1 aromatic heterocycles. The summed E-state index contributed by atoms with van der Waals surface area (Å²) in [7, 11) is 0. The molecule has 0 spiro atoms. The number of nitrogens with zero attached hydrogens (tertiary/aromatic N) is 3. The Kier molecular flexibility index (Phi) is 8.21. The van der Waals surface area contributed by atoms with Crippen LogP contribution >= 0.6 is 0 Å². The molecule has 8 heteroatoms. The Bertz CT molecular complexity index is 739. The monoisotopic (exact) mass is 445 g/mol. The van der Waals surface area contributed by atoms with E-state index in [1.54, 1.807) is 0 Å². The van der Waals surface area contributed by atoms with Gasteiger partial charge in [-0.25, -0.2) is 4.98 Å². The molecule has 1 aromatic rings. The van der Waals surface area contributed by atoms with Gasteiger partial charge in [0.25, 0.3) is 0 Å². The average molecular weight is 446 g/mol. The lowest BCUT2D eigenvalue weighted by atomic mass is 9.84. The van der Waals surface area contributed by atoms with E-state index in [1.807, 2.05) is 19.2 Å². The fourth-order valence-electron chi connectivity index (χ4n) is 5.10. The molecule has 8 nitrogen and oxygen atoms in total. The van der Waals surface area contributed by atoms with Crippen LogP contribution < -0.4 is 16.0 Å². The van der Waals surface area contributed by atoms with Crippen LogP contribution in [0.4, 0.5) is 11.5 Å². The maximum atomic E-state index is 12.3. The number of nitrogens with two attached hydrogens (primary N) is 1. The Morgan fingerprint density at radius 2 is 1.97 bits per heavy atom. The van der Waals surface area contributed by atoms with Crippen LogP contribution in [0.2, 0.25) is 0 Å². The van der Waals surface area contributed by atoms with Gasteiger partial charge in [0, 0.05) is 38.4 Å². The quantitative estimate of drug-likeness (QED) is 0.663. The van der Waals surface area contributed by atoms with E-state index in [0.717, 1.165) is 68.6 Å². The predicted octanol–water partition coefficient (Wildman–Crippen LogP) is 1.96. The molecule has 1 saturated carbocycles. The molecule has 2 aliphatic heterocycles. The number of carbonyl (C=O) groups is 1. The van der Waals surface area contributed by atoms with Crippen LogP contribution in [-0.2, 0) is 14.3 Å². The SMILES string of the molecule is Cc1ccnc(N2CCN(CCC3CCC(NC(=O)CC4COCCO4)CC3)CC2)c1N. The second kappa shape index (κ2) is 11.3. The number of nitrogens with one attached hydrogen (secondary N) is 1. The predicted molar refractivity (Wildman–Crippen MR) is 126 cm³/mol. The van der Waals surface area contributed by atoms with Crippen molar-refractivity contribution >= 4 is 17.4 Å². The van der Waals surface area contributed by atoms with Gasteiger partial charge in [0.15, 0.2) is 5.82 Å². The number of amides is 1. The zero-order valence-electron chi connectivity index (χ0n) is 19.4.